The van der Waals surface area contributed by atoms with Crippen molar-refractivity contribution >= 4 is 0 Å². The molecule has 4 nitrogen and oxygen atoms in total. The lowest BCUT2D eigenvalue weighted by atomic mass is 10.1. The maximum Gasteiger partial charge on any atom is 0.118 e. The van der Waals surface area contributed by atoms with Gasteiger partial charge in [-0.05, 0) is 24.1 Å². The van der Waals surface area contributed by atoms with Crippen LogP contribution in [0.25, 0.3) is 0 Å². The molecule has 1 aliphatic rings. The van der Waals surface area contributed by atoms with Gasteiger partial charge in [-0.25, -0.2) is 0 Å². The summed E-state index contributed by atoms with van der Waals surface area (Å²) in [4.78, 5) is 4.68. The lowest BCUT2D eigenvalue weighted by Gasteiger charge is -2.33. The van der Waals surface area contributed by atoms with Crippen molar-refractivity contribution in [2.45, 2.75) is 6.42 Å². The molecule has 2 rings (SSSR count). The van der Waals surface area contributed by atoms with Gasteiger partial charge in [-0.15, -0.1) is 0 Å². The summed E-state index contributed by atoms with van der Waals surface area (Å²) in [5.41, 5.74) is 1.35. The molecule has 1 saturated heterocycles. The fourth-order valence-corrected chi connectivity index (χ4v) is 2.35. The highest BCUT2D eigenvalue weighted by atomic mass is 16.5. The zero-order chi connectivity index (χ0) is 13.5. The third-order valence-electron chi connectivity index (χ3n) is 3.63. The van der Waals surface area contributed by atoms with Gasteiger partial charge in [-0.3, -0.25) is 4.90 Å². The largest absolute Gasteiger partial charge is 0.497 e. The number of rotatable bonds is 5. The average molecular weight is 259 g/mol. The van der Waals surface area contributed by atoms with Crippen molar-refractivity contribution < 1.29 is 4.74 Å². The Labute approximate surface area is 115 Å². The summed E-state index contributed by atoms with van der Waals surface area (Å²) in [6.45, 7) is 5.81. The van der Waals surface area contributed by atoms with E-state index in [-0.39, 0.29) is 0 Å². The normalized spacial score (nSPS) is 17.1. The Kier molecular flexibility index (Phi) is 5.20. The number of nitriles is 1. The summed E-state index contributed by atoms with van der Waals surface area (Å²) in [5, 5.41) is 8.66. The molecule has 1 heterocycles. The number of ether oxygens (including phenoxy) is 1. The van der Waals surface area contributed by atoms with Gasteiger partial charge in [0.15, 0.2) is 0 Å². The van der Waals surface area contributed by atoms with Gasteiger partial charge in [0.25, 0.3) is 0 Å². The minimum absolute atomic E-state index is 0.562. The van der Waals surface area contributed by atoms with Gasteiger partial charge >= 0.3 is 0 Å². The molecule has 1 fully saturated rings. The molecule has 19 heavy (non-hydrogen) atoms. The van der Waals surface area contributed by atoms with E-state index >= 15 is 0 Å². The number of hydrogen-bond donors (Lipinski definition) is 0. The molecule has 0 bridgehead atoms. The Bertz CT molecular complexity index is 416. The minimum Gasteiger partial charge on any atom is -0.497 e. The predicted molar refractivity (Wildman–Crippen MR) is 75.2 cm³/mol. The molecule has 0 aromatic heterocycles. The van der Waals surface area contributed by atoms with Crippen LogP contribution in [0.5, 0.6) is 5.75 Å². The molecule has 1 aliphatic heterocycles. The number of piperazine rings is 1. The summed E-state index contributed by atoms with van der Waals surface area (Å²) in [5.74, 6) is 0.911. The van der Waals surface area contributed by atoms with Gasteiger partial charge < -0.3 is 9.64 Å². The van der Waals surface area contributed by atoms with Crippen LogP contribution in [0, 0.1) is 11.3 Å². The van der Waals surface area contributed by atoms with E-state index in [1.165, 1.54) is 5.56 Å². The van der Waals surface area contributed by atoms with E-state index in [9.17, 15) is 0 Å². The third kappa shape index (κ3) is 4.23. The van der Waals surface area contributed by atoms with Gasteiger partial charge in [-0.2, -0.15) is 5.26 Å². The fourth-order valence-electron chi connectivity index (χ4n) is 2.35. The van der Waals surface area contributed by atoms with Crippen LogP contribution in [0.3, 0.4) is 0 Å². The fraction of sp³-hybridized carbons (Fsp3) is 0.533. The summed E-state index contributed by atoms with van der Waals surface area (Å²) in [7, 11) is 1.69. The Morgan fingerprint density at radius 2 is 1.74 bits per heavy atom. The van der Waals surface area contributed by atoms with Crippen molar-refractivity contribution in [1.82, 2.24) is 9.80 Å². The lowest BCUT2D eigenvalue weighted by molar-refractivity contribution is 0.145. The van der Waals surface area contributed by atoms with Crippen LogP contribution >= 0.6 is 0 Å². The van der Waals surface area contributed by atoms with E-state index in [0.717, 1.165) is 44.9 Å². The number of benzene rings is 1. The highest BCUT2D eigenvalue weighted by molar-refractivity contribution is 5.27. The van der Waals surface area contributed by atoms with E-state index in [1.54, 1.807) is 7.11 Å². The first-order chi connectivity index (χ1) is 9.31. The van der Waals surface area contributed by atoms with Crippen LogP contribution in [-0.2, 0) is 6.42 Å². The number of nitrogens with zero attached hydrogens (tertiary/aromatic N) is 3. The Hall–Kier alpha value is -1.57. The maximum atomic E-state index is 8.66. The molecule has 0 unspecified atom stereocenters. The van der Waals surface area contributed by atoms with Crippen LogP contribution in [-0.4, -0.2) is 56.2 Å². The minimum atomic E-state index is 0.562. The standard InChI is InChI=1S/C15H21N3O/c1-19-15-4-2-14(3-5-15)6-8-17-10-12-18(9-7-16)13-11-17/h2-5H,6,8-13H2,1H3. The highest BCUT2D eigenvalue weighted by Gasteiger charge is 2.15. The topological polar surface area (TPSA) is 39.5 Å². The molecule has 0 radical (unpaired) electrons. The Balaban J connectivity index is 1.72. The van der Waals surface area contributed by atoms with E-state index in [2.05, 4.69) is 28.0 Å². The van der Waals surface area contributed by atoms with Crippen LogP contribution in [0.1, 0.15) is 5.56 Å². The monoisotopic (exact) mass is 259 g/mol. The Morgan fingerprint density at radius 1 is 1.11 bits per heavy atom. The first-order valence-electron chi connectivity index (χ1n) is 6.76. The third-order valence-corrected chi connectivity index (χ3v) is 3.63. The zero-order valence-corrected chi connectivity index (χ0v) is 11.5. The van der Waals surface area contributed by atoms with Crippen molar-refractivity contribution in [3.05, 3.63) is 29.8 Å². The molecule has 0 saturated carbocycles. The molecule has 4 heteroatoms. The van der Waals surface area contributed by atoms with E-state index in [0.29, 0.717) is 6.54 Å². The number of hydrogen-bond acceptors (Lipinski definition) is 4. The van der Waals surface area contributed by atoms with Crippen molar-refractivity contribution in [3.63, 3.8) is 0 Å². The molecule has 0 aliphatic carbocycles. The van der Waals surface area contributed by atoms with Crippen molar-refractivity contribution in [2.24, 2.45) is 0 Å². The van der Waals surface area contributed by atoms with Gasteiger partial charge in [0.2, 0.25) is 0 Å². The van der Waals surface area contributed by atoms with Crippen molar-refractivity contribution in [1.29, 1.82) is 5.26 Å². The van der Waals surface area contributed by atoms with E-state index in [1.807, 2.05) is 12.1 Å². The maximum absolute atomic E-state index is 8.66. The quantitative estimate of drug-likeness (QED) is 0.749. The second kappa shape index (κ2) is 7.13. The molecule has 1 aromatic rings. The molecule has 0 amide bonds. The second-order valence-electron chi connectivity index (χ2n) is 4.87. The van der Waals surface area contributed by atoms with Gasteiger partial charge in [0, 0.05) is 32.7 Å². The average Bonchev–Trinajstić information content (AvgIpc) is 2.47. The molecular formula is C15H21N3O. The predicted octanol–water partition coefficient (Wildman–Crippen LogP) is 1.38. The van der Waals surface area contributed by atoms with Crippen LogP contribution in [0.4, 0.5) is 0 Å². The zero-order valence-electron chi connectivity index (χ0n) is 11.5. The summed E-state index contributed by atoms with van der Waals surface area (Å²) < 4.78 is 5.16. The molecule has 1 aromatic carbocycles. The van der Waals surface area contributed by atoms with Crippen LogP contribution < -0.4 is 4.74 Å². The van der Waals surface area contributed by atoms with Crippen molar-refractivity contribution in [3.8, 4) is 11.8 Å². The Morgan fingerprint density at radius 3 is 2.32 bits per heavy atom. The second-order valence-corrected chi connectivity index (χ2v) is 4.87. The van der Waals surface area contributed by atoms with E-state index in [4.69, 9.17) is 10.00 Å². The summed E-state index contributed by atoms with van der Waals surface area (Å²) >= 11 is 0. The summed E-state index contributed by atoms with van der Waals surface area (Å²) in [6, 6.07) is 10.5. The molecule has 0 spiro atoms. The first-order valence-corrected chi connectivity index (χ1v) is 6.76. The highest BCUT2D eigenvalue weighted by Crippen LogP contribution is 2.12. The molecular weight excluding hydrogens is 238 g/mol. The summed E-state index contributed by atoms with van der Waals surface area (Å²) in [6.07, 6.45) is 1.07. The number of methoxy groups -OCH3 is 1. The van der Waals surface area contributed by atoms with Crippen molar-refractivity contribution in [2.75, 3.05) is 46.4 Å². The van der Waals surface area contributed by atoms with Gasteiger partial charge in [0.1, 0.15) is 5.75 Å². The first kappa shape index (κ1) is 13.9. The smallest absolute Gasteiger partial charge is 0.118 e. The van der Waals surface area contributed by atoms with Crippen LogP contribution in [0.15, 0.2) is 24.3 Å². The molecule has 0 atom stereocenters. The van der Waals surface area contributed by atoms with Gasteiger partial charge in [-0.1, -0.05) is 12.1 Å². The van der Waals surface area contributed by atoms with E-state index < -0.39 is 0 Å². The van der Waals surface area contributed by atoms with Gasteiger partial charge in [0.05, 0.1) is 19.7 Å². The van der Waals surface area contributed by atoms with Crippen LogP contribution in [0.2, 0.25) is 0 Å². The SMILES string of the molecule is COc1ccc(CCN2CCN(CC#N)CC2)cc1. The molecule has 102 valence electrons. The molecule has 0 N–H and O–H groups in total. The lowest BCUT2D eigenvalue weighted by Crippen LogP contribution is -2.46.